The molecule has 0 aliphatic carbocycles. The van der Waals surface area contributed by atoms with E-state index < -0.39 is 15.8 Å². The molecule has 1 aromatic heterocycles. The average Bonchev–Trinajstić information content (AvgIpc) is 3.10. The van der Waals surface area contributed by atoms with Gasteiger partial charge < -0.3 is 4.98 Å². The molecule has 0 atom stereocenters. The summed E-state index contributed by atoms with van der Waals surface area (Å²) in [7, 11) is -3.77. The maximum absolute atomic E-state index is 13.0. The van der Waals surface area contributed by atoms with Crippen LogP contribution in [0, 0.1) is 5.82 Å². The van der Waals surface area contributed by atoms with Crippen molar-refractivity contribution in [3.63, 3.8) is 0 Å². The fourth-order valence-electron chi connectivity index (χ4n) is 3.00. The van der Waals surface area contributed by atoms with Gasteiger partial charge in [0.1, 0.15) is 11.6 Å². The van der Waals surface area contributed by atoms with E-state index in [-0.39, 0.29) is 4.90 Å². The van der Waals surface area contributed by atoms with Crippen LogP contribution in [0.5, 0.6) is 0 Å². The van der Waals surface area contributed by atoms with Crippen molar-refractivity contribution in [1.82, 2.24) is 9.97 Å². The van der Waals surface area contributed by atoms with Crippen molar-refractivity contribution in [2.45, 2.75) is 17.7 Å². The molecule has 0 aliphatic rings. The second-order valence-electron chi connectivity index (χ2n) is 6.46. The number of nitrogens with one attached hydrogen (secondary N) is 2. The van der Waals surface area contributed by atoms with Crippen molar-refractivity contribution in [3.05, 3.63) is 90.0 Å². The molecule has 4 rings (SSSR count). The Morgan fingerprint density at radius 1 is 0.929 bits per heavy atom. The minimum absolute atomic E-state index is 0.0154. The summed E-state index contributed by atoms with van der Waals surface area (Å²) < 4.78 is 40.5. The quantitative estimate of drug-likeness (QED) is 0.511. The SMILES string of the molecule is O=S(=O)(Nc1cccc(CCc2nc3ccccc3[nH]2)c1)c1ccc(F)cc1. The third-order valence-electron chi connectivity index (χ3n) is 4.39. The molecule has 28 heavy (non-hydrogen) atoms. The molecule has 5 nitrogen and oxygen atoms in total. The van der Waals surface area contributed by atoms with Crippen LogP contribution in [0.2, 0.25) is 0 Å². The van der Waals surface area contributed by atoms with Gasteiger partial charge in [-0.15, -0.1) is 0 Å². The monoisotopic (exact) mass is 395 g/mol. The molecule has 0 aliphatic heterocycles. The number of hydrogen-bond acceptors (Lipinski definition) is 3. The average molecular weight is 395 g/mol. The number of fused-ring (bicyclic) bond motifs is 1. The lowest BCUT2D eigenvalue weighted by Gasteiger charge is -2.09. The first-order chi connectivity index (χ1) is 13.5. The molecule has 0 radical (unpaired) electrons. The molecule has 1 heterocycles. The van der Waals surface area contributed by atoms with E-state index >= 15 is 0 Å². The summed E-state index contributed by atoms with van der Waals surface area (Å²) in [6.45, 7) is 0. The first kappa shape index (κ1) is 18.2. The number of benzene rings is 3. The molecular formula is C21H18FN3O2S. The van der Waals surface area contributed by atoms with Gasteiger partial charge in [-0.25, -0.2) is 17.8 Å². The third-order valence-corrected chi connectivity index (χ3v) is 5.79. The number of imidazole rings is 1. The largest absolute Gasteiger partial charge is 0.342 e. The lowest BCUT2D eigenvalue weighted by Crippen LogP contribution is -2.13. The Morgan fingerprint density at radius 3 is 2.50 bits per heavy atom. The van der Waals surface area contributed by atoms with Gasteiger partial charge in [0, 0.05) is 12.1 Å². The first-order valence-corrected chi connectivity index (χ1v) is 10.3. The fourth-order valence-corrected chi connectivity index (χ4v) is 4.05. The minimum Gasteiger partial charge on any atom is -0.342 e. The number of rotatable bonds is 6. The van der Waals surface area contributed by atoms with Crippen molar-refractivity contribution >= 4 is 26.7 Å². The molecule has 0 amide bonds. The molecule has 0 bridgehead atoms. The van der Waals surface area contributed by atoms with Crippen LogP contribution in [0.15, 0.2) is 77.7 Å². The van der Waals surface area contributed by atoms with E-state index in [0.717, 1.165) is 34.6 Å². The fraction of sp³-hybridized carbons (Fsp3) is 0.0952. The summed E-state index contributed by atoms with van der Waals surface area (Å²) >= 11 is 0. The number of hydrogen-bond donors (Lipinski definition) is 2. The molecule has 7 heteroatoms. The molecule has 0 fully saturated rings. The van der Waals surface area contributed by atoms with Gasteiger partial charge >= 0.3 is 0 Å². The van der Waals surface area contributed by atoms with E-state index in [0.29, 0.717) is 18.5 Å². The Hall–Kier alpha value is -3.19. The maximum atomic E-state index is 13.0. The number of aromatic amines is 1. The molecular weight excluding hydrogens is 377 g/mol. The van der Waals surface area contributed by atoms with Crippen LogP contribution in [0.25, 0.3) is 11.0 Å². The number of aryl methyl sites for hydroxylation is 2. The van der Waals surface area contributed by atoms with Gasteiger partial charge in [-0.05, 0) is 60.5 Å². The van der Waals surface area contributed by atoms with Crippen LogP contribution >= 0.6 is 0 Å². The Bertz CT molecular complexity index is 1180. The number of anilines is 1. The predicted octanol–water partition coefficient (Wildman–Crippen LogP) is 4.29. The highest BCUT2D eigenvalue weighted by atomic mass is 32.2. The molecule has 4 aromatic rings. The van der Waals surface area contributed by atoms with Crippen molar-refractivity contribution < 1.29 is 12.8 Å². The number of halogens is 1. The zero-order valence-electron chi connectivity index (χ0n) is 14.9. The summed E-state index contributed by atoms with van der Waals surface area (Å²) in [5.41, 5.74) is 3.38. The normalized spacial score (nSPS) is 11.6. The van der Waals surface area contributed by atoms with E-state index in [1.807, 2.05) is 30.3 Å². The highest BCUT2D eigenvalue weighted by Gasteiger charge is 2.14. The lowest BCUT2D eigenvalue weighted by atomic mass is 10.1. The summed E-state index contributed by atoms with van der Waals surface area (Å²) in [5, 5.41) is 0. The topological polar surface area (TPSA) is 74.8 Å². The molecule has 0 spiro atoms. The van der Waals surface area contributed by atoms with Crippen LogP contribution in [0.1, 0.15) is 11.4 Å². The van der Waals surface area contributed by atoms with E-state index in [4.69, 9.17) is 0 Å². The Morgan fingerprint density at radius 2 is 1.71 bits per heavy atom. The predicted molar refractivity (Wildman–Crippen MR) is 107 cm³/mol. The third kappa shape index (κ3) is 4.04. The second-order valence-corrected chi connectivity index (χ2v) is 8.14. The number of nitrogens with zero attached hydrogens (tertiary/aromatic N) is 1. The van der Waals surface area contributed by atoms with Crippen LogP contribution in [0.3, 0.4) is 0 Å². The number of aromatic nitrogens is 2. The number of para-hydroxylation sites is 2. The molecule has 0 saturated carbocycles. The van der Waals surface area contributed by atoms with Gasteiger partial charge in [0.25, 0.3) is 10.0 Å². The van der Waals surface area contributed by atoms with Crippen LogP contribution in [-0.2, 0) is 22.9 Å². The smallest absolute Gasteiger partial charge is 0.261 e. The summed E-state index contributed by atoms with van der Waals surface area (Å²) in [6, 6.07) is 19.8. The van der Waals surface area contributed by atoms with Crippen LogP contribution in [-0.4, -0.2) is 18.4 Å². The van der Waals surface area contributed by atoms with Gasteiger partial charge in [-0.3, -0.25) is 4.72 Å². The van der Waals surface area contributed by atoms with Crippen LogP contribution in [0.4, 0.5) is 10.1 Å². The Labute approximate surface area is 162 Å². The highest BCUT2D eigenvalue weighted by molar-refractivity contribution is 7.92. The Kier molecular flexibility index (Phi) is 4.83. The van der Waals surface area contributed by atoms with Crippen molar-refractivity contribution in [2.24, 2.45) is 0 Å². The minimum atomic E-state index is -3.77. The van der Waals surface area contributed by atoms with E-state index in [1.54, 1.807) is 18.2 Å². The highest BCUT2D eigenvalue weighted by Crippen LogP contribution is 2.19. The van der Waals surface area contributed by atoms with Crippen molar-refractivity contribution in [3.8, 4) is 0 Å². The Balaban J connectivity index is 1.47. The van der Waals surface area contributed by atoms with Crippen LogP contribution < -0.4 is 4.72 Å². The molecule has 142 valence electrons. The van der Waals surface area contributed by atoms with E-state index in [1.165, 1.54) is 12.1 Å². The summed E-state index contributed by atoms with van der Waals surface area (Å²) in [5.74, 6) is 0.407. The number of sulfonamides is 1. The number of H-pyrrole nitrogens is 1. The van der Waals surface area contributed by atoms with Gasteiger partial charge in [0.15, 0.2) is 0 Å². The van der Waals surface area contributed by atoms with Crippen molar-refractivity contribution in [1.29, 1.82) is 0 Å². The summed E-state index contributed by atoms with van der Waals surface area (Å²) in [6.07, 6.45) is 1.43. The van der Waals surface area contributed by atoms with Gasteiger partial charge in [-0.1, -0.05) is 24.3 Å². The molecule has 2 N–H and O–H groups in total. The zero-order chi connectivity index (χ0) is 19.6. The molecule has 0 saturated heterocycles. The van der Waals surface area contributed by atoms with Crippen molar-refractivity contribution in [2.75, 3.05) is 4.72 Å². The summed E-state index contributed by atoms with van der Waals surface area (Å²) in [4.78, 5) is 7.87. The van der Waals surface area contributed by atoms with Gasteiger partial charge in [0.05, 0.1) is 15.9 Å². The van der Waals surface area contributed by atoms with Gasteiger partial charge in [0.2, 0.25) is 0 Å². The first-order valence-electron chi connectivity index (χ1n) is 8.80. The zero-order valence-corrected chi connectivity index (χ0v) is 15.7. The lowest BCUT2D eigenvalue weighted by molar-refractivity contribution is 0.599. The second kappa shape index (κ2) is 7.44. The van der Waals surface area contributed by atoms with E-state index in [9.17, 15) is 12.8 Å². The molecule has 0 unspecified atom stereocenters. The molecule has 3 aromatic carbocycles. The van der Waals surface area contributed by atoms with Gasteiger partial charge in [-0.2, -0.15) is 0 Å². The van der Waals surface area contributed by atoms with E-state index in [2.05, 4.69) is 14.7 Å². The standard InChI is InChI=1S/C21H18FN3O2S/c22-16-9-11-18(12-10-16)28(26,27)25-17-5-3-4-15(14-17)8-13-21-23-19-6-1-2-7-20(19)24-21/h1-7,9-12,14,25H,8,13H2,(H,23,24). The maximum Gasteiger partial charge on any atom is 0.261 e.